The Balaban J connectivity index is 3.08. The van der Waals surface area contributed by atoms with Gasteiger partial charge in [0.15, 0.2) is 5.69 Å². The lowest BCUT2D eigenvalue weighted by Gasteiger charge is -1.77. The minimum atomic E-state index is -1.14. The van der Waals surface area contributed by atoms with Crippen LogP contribution in [0.25, 0.3) is 0 Å². The van der Waals surface area contributed by atoms with Gasteiger partial charge in [-0.05, 0) is 0 Å². The zero-order chi connectivity index (χ0) is 6.85. The van der Waals surface area contributed by atoms with Gasteiger partial charge >= 0.3 is 5.97 Å². The number of hydrogen-bond acceptors (Lipinski definition) is 3. The maximum absolute atomic E-state index is 10.1. The van der Waals surface area contributed by atoms with Crippen LogP contribution in [0.2, 0.25) is 0 Å². The monoisotopic (exact) mass is 130 g/mol. The van der Waals surface area contributed by atoms with E-state index in [4.69, 9.17) is 6.48 Å². The first-order valence-corrected chi connectivity index (χ1v) is 2.73. The van der Waals surface area contributed by atoms with Gasteiger partial charge in [-0.3, -0.25) is 0 Å². The zero-order valence-electron chi connectivity index (χ0n) is 4.79. The van der Waals surface area contributed by atoms with E-state index in [1.165, 1.54) is 5.51 Å². The number of carboxylic acids is 1. The summed E-state index contributed by atoms with van der Waals surface area (Å²) in [6, 6.07) is 0. The van der Waals surface area contributed by atoms with Crippen LogP contribution in [0.3, 0.4) is 0 Å². The molecule has 1 aromatic heterocycles. The third-order valence-electron chi connectivity index (χ3n) is 0.593. The van der Waals surface area contributed by atoms with Crippen LogP contribution >= 0.6 is 11.3 Å². The van der Waals surface area contributed by atoms with E-state index in [1.54, 1.807) is 0 Å². The standard InChI is InChI=1S/C4H3NO2S/c6-4(7)3-1-8-2-5-3/h1-2H,(H,6,7)/i1D. The average Bonchev–Trinajstić information content (AvgIpc) is 2.13. The van der Waals surface area contributed by atoms with Gasteiger partial charge in [0.1, 0.15) is 0 Å². The molecule has 8 heavy (non-hydrogen) atoms. The van der Waals surface area contributed by atoms with E-state index in [9.17, 15) is 4.79 Å². The number of carbonyl (C=O) groups is 1. The maximum atomic E-state index is 10.1. The molecule has 0 spiro atoms. The molecule has 0 amide bonds. The number of hydrogen-bond donors (Lipinski definition) is 1. The first-order chi connectivity index (χ1) is 4.22. The van der Waals surface area contributed by atoms with E-state index >= 15 is 0 Å². The quantitative estimate of drug-likeness (QED) is 0.612. The van der Waals surface area contributed by atoms with Crippen molar-refractivity contribution in [2.75, 3.05) is 0 Å². The molecule has 3 nitrogen and oxygen atoms in total. The Morgan fingerprint density at radius 2 is 2.88 bits per heavy atom. The van der Waals surface area contributed by atoms with Crippen molar-refractivity contribution in [1.82, 2.24) is 4.98 Å². The highest BCUT2D eigenvalue weighted by Gasteiger charge is 2.00. The molecule has 1 heterocycles. The van der Waals surface area contributed by atoms with E-state index < -0.39 is 5.97 Å². The van der Waals surface area contributed by atoms with Gasteiger partial charge in [-0.15, -0.1) is 11.3 Å². The molecule has 1 aromatic rings. The summed E-state index contributed by atoms with van der Waals surface area (Å²) in [5.74, 6) is -1.14. The number of aromatic carboxylic acids is 1. The molecule has 0 aliphatic heterocycles. The molecule has 0 fully saturated rings. The summed E-state index contributed by atoms with van der Waals surface area (Å²) >= 11 is 1.01. The second-order valence-corrected chi connectivity index (χ2v) is 1.76. The van der Waals surface area contributed by atoms with Crippen molar-refractivity contribution in [1.29, 1.82) is 0 Å². The van der Waals surface area contributed by atoms with E-state index in [-0.39, 0.29) is 11.1 Å². The summed E-state index contributed by atoms with van der Waals surface area (Å²) < 4.78 is 6.96. The molecule has 4 heteroatoms. The lowest BCUT2D eigenvalue weighted by molar-refractivity contribution is 0.0691. The molecule has 0 aliphatic rings. The number of aromatic nitrogens is 1. The molecule has 1 N–H and O–H groups in total. The van der Waals surface area contributed by atoms with Crippen LogP contribution < -0.4 is 0 Å². The molecule has 42 valence electrons. The zero-order valence-corrected chi connectivity index (χ0v) is 4.60. The van der Waals surface area contributed by atoms with Crippen molar-refractivity contribution in [3.05, 3.63) is 16.6 Å². The van der Waals surface area contributed by atoms with E-state index in [2.05, 4.69) is 4.98 Å². The van der Waals surface area contributed by atoms with Crippen LogP contribution in [0.4, 0.5) is 0 Å². The van der Waals surface area contributed by atoms with Crippen LogP contribution in [0, 0.1) is 0 Å². The van der Waals surface area contributed by atoms with Crippen LogP contribution in [0.5, 0.6) is 0 Å². The summed E-state index contributed by atoms with van der Waals surface area (Å²) in [5, 5.41) is 8.28. The molecule has 0 saturated carbocycles. The summed E-state index contributed by atoms with van der Waals surface area (Å²) in [4.78, 5) is 13.6. The van der Waals surface area contributed by atoms with Gasteiger partial charge < -0.3 is 5.11 Å². The maximum Gasteiger partial charge on any atom is 0.355 e. The minimum absolute atomic E-state index is 0.00231. The van der Waals surface area contributed by atoms with Gasteiger partial charge in [-0.25, -0.2) is 9.78 Å². The summed E-state index contributed by atoms with van der Waals surface area (Å²) in [6.07, 6.45) is 0. The van der Waals surface area contributed by atoms with Crippen LogP contribution in [-0.4, -0.2) is 16.1 Å². The number of nitrogens with zero attached hydrogens (tertiary/aromatic N) is 1. The molecule has 0 bridgehead atoms. The SMILES string of the molecule is [2H]c1scnc1C(=O)O. The summed E-state index contributed by atoms with van der Waals surface area (Å²) in [6.45, 7) is 0. The number of thiazole rings is 1. The Bertz CT molecular complexity index is 234. The Morgan fingerprint density at radius 1 is 2.12 bits per heavy atom. The fraction of sp³-hybridized carbons (Fsp3) is 0. The van der Waals surface area contributed by atoms with Crippen molar-refractivity contribution < 1.29 is 11.3 Å². The molecule has 0 aromatic carbocycles. The highest BCUT2D eigenvalue weighted by Crippen LogP contribution is 1.98. The van der Waals surface area contributed by atoms with Crippen molar-refractivity contribution in [2.45, 2.75) is 0 Å². The Kier molecular flexibility index (Phi) is 0.964. The topological polar surface area (TPSA) is 50.2 Å². The first-order valence-electron chi connectivity index (χ1n) is 2.35. The fourth-order valence-electron chi connectivity index (χ4n) is 0.286. The second kappa shape index (κ2) is 1.92. The van der Waals surface area contributed by atoms with E-state index in [1.807, 2.05) is 0 Å². The lowest BCUT2D eigenvalue weighted by atomic mass is 10.5. The highest BCUT2D eigenvalue weighted by atomic mass is 32.1. The molecule has 0 radical (unpaired) electrons. The van der Waals surface area contributed by atoms with Gasteiger partial charge in [0.2, 0.25) is 0 Å². The molecule has 0 saturated heterocycles. The predicted molar refractivity (Wildman–Crippen MR) is 29.1 cm³/mol. The Labute approximate surface area is 51.0 Å². The van der Waals surface area contributed by atoms with E-state index in [0.29, 0.717) is 0 Å². The van der Waals surface area contributed by atoms with Crippen molar-refractivity contribution in [3.8, 4) is 0 Å². The van der Waals surface area contributed by atoms with Gasteiger partial charge in [-0.2, -0.15) is 0 Å². The molecule has 1 rings (SSSR count). The Morgan fingerprint density at radius 3 is 3.12 bits per heavy atom. The minimum Gasteiger partial charge on any atom is -0.476 e. The third-order valence-corrected chi connectivity index (χ3v) is 1.11. The van der Waals surface area contributed by atoms with Gasteiger partial charge in [-0.1, -0.05) is 0 Å². The van der Waals surface area contributed by atoms with Crippen molar-refractivity contribution in [3.63, 3.8) is 0 Å². The summed E-state index contributed by atoms with van der Waals surface area (Å²) in [7, 11) is 0. The first kappa shape index (κ1) is 4.03. The fourth-order valence-corrected chi connectivity index (χ4v) is 0.749. The smallest absolute Gasteiger partial charge is 0.355 e. The third kappa shape index (κ3) is 0.840. The van der Waals surface area contributed by atoms with Crippen LogP contribution in [-0.2, 0) is 0 Å². The van der Waals surface area contributed by atoms with Crippen molar-refractivity contribution in [2.24, 2.45) is 0 Å². The van der Waals surface area contributed by atoms with E-state index in [0.717, 1.165) is 11.3 Å². The highest BCUT2D eigenvalue weighted by molar-refractivity contribution is 7.07. The van der Waals surface area contributed by atoms with Crippen LogP contribution in [0.1, 0.15) is 11.9 Å². The number of carboxylic acid groups (broad SMARTS) is 1. The molecular formula is C4H3NO2S. The molecular weight excluding hydrogens is 126 g/mol. The van der Waals surface area contributed by atoms with Gasteiger partial charge in [0, 0.05) is 5.36 Å². The molecule has 0 aliphatic carbocycles. The number of rotatable bonds is 1. The van der Waals surface area contributed by atoms with Gasteiger partial charge in [0.25, 0.3) is 0 Å². The molecule has 0 atom stereocenters. The van der Waals surface area contributed by atoms with Crippen LogP contribution in [0.15, 0.2) is 10.9 Å². The largest absolute Gasteiger partial charge is 0.476 e. The molecule has 0 unspecified atom stereocenters. The second-order valence-electron chi connectivity index (χ2n) is 1.11. The summed E-state index contributed by atoms with van der Waals surface area (Å²) in [5.41, 5.74) is 1.17. The predicted octanol–water partition coefficient (Wildman–Crippen LogP) is 0.841. The lowest BCUT2D eigenvalue weighted by Crippen LogP contribution is -1.94. The Hall–Kier alpha value is -0.900. The van der Waals surface area contributed by atoms with Crippen molar-refractivity contribution >= 4 is 17.3 Å². The normalized spacial score (nSPS) is 10.8. The average molecular weight is 130 g/mol. The van der Waals surface area contributed by atoms with Gasteiger partial charge in [0.05, 0.1) is 6.88 Å².